The Balaban J connectivity index is 2.46. The Labute approximate surface area is 95.2 Å². The third kappa shape index (κ3) is 3.24. The molecule has 1 unspecified atom stereocenters. The Morgan fingerprint density at radius 1 is 1.33 bits per heavy atom. The second kappa shape index (κ2) is 6.18. The lowest BCUT2D eigenvalue weighted by atomic mass is 10.2. The van der Waals surface area contributed by atoms with Crippen molar-refractivity contribution in [3.8, 4) is 0 Å². The molecule has 0 fully saturated rings. The van der Waals surface area contributed by atoms with Gasteiger partial charge in [0.15, 0.2) is 5.76 Å². The summed E-state index contributed by atoms with van der Waals surface area (Å²) >= 11 is 1.61. The standard InChI is InChI=1S/C11H18O3S/c1-4-9-11(10(12)8(3)15-9)14-7-6-13-5-2/h8H,4-7H2,1-3H3. The van der Waals surface area contributed by atoms with Crippen molar-refractivity contribution in [3.05, 3.63) is 10.7 Å². The lowest BCUT2D eigenvalue weighted by Crippen LogP contribution is -2.14. The molecule has 0 aromatic heterocycles. The highest BCUT2D eigenvalue weighted by Gasteiger charge is 2.31. The van der Waals surface area contributed by atoms with Crippen LogP contribution in [0.15, 0.2) is 10.7 Å². The smallest absolute Gasteiger partial charge is 0.211 e. The van der Waals surface area contributed by atoms with Gasteiger partial charge in [-0.3, -0.25) is 4.79 Å². The summed E-state index contributed by atoms with van der Waals surface area (Å²) < 4.78 is 10.6. The molecule has 1 aliphatic rings. The molecule has 0 radical (unpaired) electrons. The van der Waals surface area contributed by atoms with Crippen LogP contribution >= 0.6 is 11.8 Å². The van der Waals surface area contributed by atoms with Crippen LogP contribution in [-0.4, -0.2) is 30.9 Å². The molecule has 0 amide bonds. The van der Waals surface area contributed by atoms with E-state index in [0.29, 0.717) is 25.6 Å². The van der Waals surface area contributed by atoms with Crippen LogP contribution < -0.4 is 0 Å². The van der Waals surface area contributed by atoms with E-state index in [1.54, 1.807) is 11.8 Å². The number of allylic oxidation sites excluding steroid dienone is 2. The highest BCUT2D eigenvalue weighted by molar-refractivity contribution is 8.04. The number of hydrogen-bond acceptors (Lipinski definition) is 4. The second-order valence-electron chi connectivity index (χ2n) is 3.28. The minimum absolute atomic E-state index is 0.0158. The third-order valence-corrected chi connectivity index (χ3v) is 3.49. The van der Waals surface area contributed by atoms with Crippen molar-refractivity contribution in [1.82, 2.24) is 0 Å². The number of hydrogen-bond donors (Lipinski definition) is 0. The molecular weight excluding hydrogens is 212 g/mol. The van der Waals surface area contributed by atoms with Gasteiger partial charge in [-0.2, -0.15) is 0 Å². The van der Waals surface area contributed by atoms with E-state index in [9.17, 15) is 4.79 Å². The van der Waals surface area contributed by atoms with Gasteiger partial charge >= 0.3 is 0 Å². The van der Waals surface area contributed by atoms with Crippen molar-refractivity contribution in [2.24, 2.45) is 0 Å². The van der Waals surface area contributed by atoms with Crippen molar-refractivity contribution in [2.45, 2.75) is 32.4 Å². The van der Waals surface area contributed by atoms with Crippen LogP contribution in [0, 0.1) is 0 Å². The molecule has 0 spiro atoms. The van der Waals surface area contributed by atoms with Crippen LogP contribution in [0.4, 0.5) is 0 Å². The molecule has 0 aromatic rings. The summed E-state index contributed by atoms with van der Waals surface area (Å²) in [6, 6.07) is 0. The van der Waals surface area contributed by atoms with Crippen molar-refractivity contribution in [3.63, 3.8) is 0 Å². The summed E-state index contributed by atoms with van der Waals surface area (Å²) in [7, 11) is 0. The highest BCUT2D eigenvalue weighted by Crippen LogP contribution is 2.37. The molecule has 0 saturated carbocycles. The Bertz CT molecular complexity index is 261. The maximum atomic E-state index is 11.7. The van der Waals surface area contributed by atoms with Crippen LogP contribution in [0.2, 0.25) is 0 Å². The van der Waals surface area contributed by atoms with Gasteiger partial charge in [0.25, 0.3) is 0 Å². The summed E-state index contributed by atoms with van der Waals surface area (Å²) in [4.78, 5) is 12.8. The fraction of sp³-hybridized carbons (Fsp3) is 0.727. The number of rotatable bonds is 6. The van der Waals surface area contributed by atoms with Crippen LogP contribution in [0.5, 0.6) is 0 Å². The maximum Gasteiger partial charge on any atom is 0.211 e. The summed E-state index contributed by atoms with van der Waals surface area (Å²) in [6.45, 7) is 7.59. The average molecular weight is 230 g/mol. The summed E-state index contributed by atoms with van der Waals surface area (Å²) in [6.07, 6.45) is 0.866. The lowest BCUT2D eigenvalue weighted by molar-refractivity contribution is -0.118. The number of carbonyl (C=O) groups is 1. The maximum absolute atomic E-state index is 11.7. The van der Waals surface area contributed by atoms with Crippen LogP contribution in [0.3, 0.4) is 0 Å². The zero-order valence-corrected chi connectivity index (χ0v) is 10.4. The molecule has 1 atom stereocenters. The van der Waals surface area contributed by atoms with Crippen LogP contribution in [0.1, 0.15) is 27.2 Å². The minimum Gasteiger partial charge on any atom is -0.487 e. The van der Waals surface area contributed by atoms with Crippen molar-refractivity contribution in [2.75, 3.05) is 19.8 Å². The number of ether oxygens (including phenoxy) is 2. The van der Waals surface area contributed by atoms with E-state index in [4.69, 9.17) is 9.47 Å². The van der Waals surface area contributed by atoms with E-state index in [-0.39, 0.29) is 11.0 Å². The number of ketones is 1. The fourth-order valence-electron chi connectivity index (χ4n) is 1.38. The predicted octanol–water partition coefficient (Wildman–Crippen LogP) is 2.37. The first-order valence-corrected chi connectivity index (χ1v) is 6.23. The van der Waals surface area contributed by atoms with Crippen molar-refractivity contribution in [1.29, 1.82) is 0 Å². The topological polar surface area (TPSA) is 35.5 Å². The Hall–Kier alpha value is -0.480. The van der Waals surface area contributed by atoms with Gasteiger partial charge in [-0.1, -0.05) is 6.92 Å². The Morgan fingerprint density at radius 3 is 2.67 bits per heavy atom. The van der Waals surface area contributed by atoms with Gasteiger partial charge in [0.2, 0.25) is 5.78 Å². The zero-order chi connectivity index (χ0) is 11.3. The van der Waals surface area contributed by atoms with E-state index in [1.165, 1.54) is 0 Å². The quantitative estimate of drug-likeness (QED) is 0.656. The monoisotopic (exact) mass is 230 g/mol. The average Bonchev–Trinajstić information content (AvgIpc) is 2.51. The molecular formula is C11H18O3S. The third-order valence-electron chi connectivity index (χ3n) is 2.16. The predicted molar refractivity (Wildman–Crippen MR) is 61.8 cm³/mol. The van der Waals surface area contributed by atoms with E-state index in [1.807, 2.05) is 20.8 Å². The zero-order valence-electron chi connectivity index (χ0n) is 9.54. The molecule has 0 aromatic carbocycles. The van der Waals surface area contributed by atoms with Crippen molar-refractivity contribution < 1.29 is 14.3 Å². The normalized spacial score (nSPS) is 21.3. The number of carbonyl (C=O) groups excluding carboxylic acids is 1. The number of Topliss-reactive ketones (excluding diaryl/α,β-unsaturated/α-hetero) is 1. The molecule has 0 saturated heterocycles. The molecule has 1 aliphatic heterocycles. The van der Waals surface area contributed by atoms with E-state index in [2.05, 4.69) is 0 Å². The van der Waals surface area contributed by atoms with Gasteiger partial charge in [0, 0.05) is 11.5 Å². The molecule has 1 rings (SSSR count). The summed E-state index contributed by atoms with van der Waals surface area (Å²) in [5.74, 6) is 0.683. The SMILES string of the molecule is CCOCCOC1=C(CC)SC(C)C1=O. The van der Waals surface area contributed by atoms with Gasteiger partial charge in [0.1, 0.15) is 6.61 Å². The highest BCUT2D eigenvalue weighted by atomic mass is 32.2. The van der Waals surface area contributed by atoms with E-state index < -0.39 is 0 Å². The molecule has 3 nitrogen and oxygen atoms in total. The molecule has 0 N–H and O–H groups in total. The Morgan fingerprint density at radius 2 is 2.07 bits per heavy atom. The first-order chi connectivity index (χ1) is 7.20. The molecule has 0 aliphatic carbocycles. The first-order valence-electron chi connectivity index (χ1n) is 5.35. The van der Waals surface area contributed by atoms with Gasteiger partial charge < -0.3 is 9.47 Å². The second-order valence-corrected chi connectivity index (χ2v) is 4.71. The van der Waals surface area contributed by atoms with Crippen molar-refractivity contribution >= 4 is 17.5 Å². The molecule has 0 bridgehead atoms. The van der Waals surface area contributed by atoms with Crippen LogP contribution in [0.25, 0.3) is 0 Å². The van der Waals surface area contributed by atoms with E-state index in [0.717, 1.165) is 11.3 Å². The molecule has 4 heteroatoms. The summed E-state index contributed by atoms with van der Waals surface area (Å²) in [5, 5.41) is 0.0158. The first kappa shape index (κ1) is 12.6. The van der Waals surface area contributed by atoms with Crippen LogP contribution in [-0.2, 0) is 14.3 Å². The minimum atomic E-state index is 0.0158. The lowest BCUT2D eigenvalue weighted by Gasteiger charge is -2.07. The molecule has 86 valence electrons. The van der Waals surface area contributed by atoms with E-state index >= 15 is 0 Å². The molecule has 15 heavy (non-hydrogen) atoms. The largest absolute Gasteiger partial charge is 0.487 e. The Kier molecular flexibility index (Phi) is 5.19. The fourth-order valence-corrected chi connectivity index (χ4v) is 2.46. The molecule has 1 heterocycles. The van der Waals surface area contributed by atoms with Gasteiger partial charge in [-0.05, 0) is 20.3 Å². The summed E-state index contributed by atoms with van der Waals surface area (Å²) in [5.41, 5.74) is 0. The van der Waals surface area contributed by atoms with Gasteiger partial charge in [-0.25, -0.2) is 0 Å². The van der Waals surface area contributed by atoms with Gasteiger partial charge in [0.05, 0.1) is 11.9 Å². The number of thioether (sulfide) groups is 1. The van der Waals surface area contributed by atoms with Gasteiger partial charge in [-0.15, -0.1) is 11.8 Å².